The summed E-state index contributed by atoms with van der Waals surface area (Å²) < 4.78 is 11.5. The highest BCUT2D eigenvalue weighted by molar-refractivity contribution is 8.14. The number of thioether (sulfide) groups is 1. The molecule has 0 saturated carbocycles. The summed E-state index contributed by atoms with van der Waals surface area (Å²) in [6, 6.07) is 8.49. The van der Waals surface area contributed by atoms with Crippen molar-refractivity contribution < 1.29 is 29.6 Å². The van der Waals surface area contributed by atoms with E-state index in [9.17, 15) is 15.0 Å². The molecule has 0 bridgehead atoms. The van der Waals surface area contributed by atoms with Crippen LogP contribution >= 0.6 is 11.8 Å². The zero-order chi connectivity index (χ0) is 18.7. The molecule has 1 unspecified atom stereocenters. The van der Waals surface area contributed by atoms with Crippen LogP contribution in [0.3, 0.4) is 0 Å². The highest BCUT2D eigenvalue weighted by atomic mass is 32.2. The lowest BCUT2D eigenvalue weighted by molar-refractivity contribution is -0.171. The van der Waals surface area contributed by atoms with Gasteiger partial charge in [0.15, 0.2) is 0 Å². The van der Waals surface area contributed by atoms with Gasteiger partial charge in [-0.2, -0.15) is 0 Å². The number of benzene rings is 1. The molecule has 1 fully saturated rings. The number of nitrogens with one attached hydrogen (secondary N) is 1. The van der Waals surface area contributed by atoms with Gasteiger partial charge in [0.05, 0.1) is 24.3 Å². The van der Waals surface area contributed by atoms with E-state index in [0.717, 1.165) is 5.56 Å². The second-order valence-corrected chi connectivity index (χ2v) is 7.39. The smallest absolute Gasteiger partial charge is 0.405 e. The number of fused-ring (bicyclic) bond motifs is 1. The molecule has 2 heterocycles. The number of nitrogens with zero attached hydrogens (tertiary/aromatic N) is 1. The van der Waals surface area contributed by atoms with Crippen molar-refractivity contribution in [2.24, 2.45) is 4.99 Å². The molecule has 4 N–H and O–H groups in total. The van der Waals surface area contributed by atoms with E-state index < -0.39 is 41.9 Å². The lowest BCUT2D eigenvalue weighted by Crippen LogP contribution is -2.56. The molecule has 6 atom stereocenters. The number of hydrogen-bond donors (Lipinski definition) is 4. The molecule has 1 aromatic carbocycles. The van der Waals surface area contributed by atoms with Gasteiger partial charge in [-0.1, -0.05) is 42.1 Å². The van der Waals surface area contributed by atoms with Crippen LogP contribution in [0.2, 0.25) is 0 Å². The SMILES string of the molecule is CC(NC(=O)O)C1=N[C@@H]2[C@@H](O)[C@H](O)[C@@H](COCc3ccccc3)O[C@@H]2S1. The number of hydrogen-bond acceptors (Lipinski definition) is 7. The fraction of sp³-hybridized carbons (Fsp3) is 0.529. The minimum Gasteiger partial charge on any atom is -0.465 e. The van der Waals surface area contributed by atoms with Crippen molar-refractivity contribution in [3.8, 4) is 0 Å². The number of ether oxygens (including phenoxy) is 2. The summed E-state index contributed by atoms with van der Waals surface area (Å²) in [5.41, 5.74) is 0.525. The molecule has 1 amide bonds. The lowest BCUT2D eigenvalue weighted by Gasteiger charge is -2.38. The van der Waals surface area contributed by atoms with Crippen LogP contribution in [-0.2, 0) is 16.1 Å². The van der Waals surface area contributed by atoms with Crippen LogP contribution in [0.15, 0.2) is 35.3 Å². The van der Waals surface area contributed by atoms with Gasteiger partial charge in [-0.15, -0.1) is 0 Å². The average Bonchev–Trinajstić information content (AvgIpc) is 3.04. The highest BCUT2D eigenvalue weighted by Gasteiger charge is 2.48. The number of carbonyl (C=O) groups is 1. The van der Waals surface area contributed by atoms with Crippen LogP contribution in [0.4, 0.5) is 4.79 Å². The molecule has 2 aliphatic rings. The predicted octanol–water partition coefficient (Wildman–Crippen LogP) is 0.820. The van der Waals surface area contributed by atoms with Gasteiger partial charge >= 0.3 is 6.09 Å². The van der Waals surface area contributed by atoms with Crippen molar-refractivity contribution in [1.82, 2.24) is 5.32 Å². The maximum atomic E-state index is 10.8. The topological polar surface area (TPSA) is 121 Å². The summed E-state index contributed by atoms with van der Waals surface area (Å²) in [6.07, 6.45) is -4.05. The van der Waals surface area contributed by atoms with Crippen molar-refractivity contribution in [2.75, 3.05) is 6.61 Å². The molecule has 1 saturated heterocycles. The van der Waals surface area contributed by atoms with Crippen molar-refractivity contribution in [3.05, 3.63) is 35.9 Å². The lowest BCUT2D eigenvalue weighted by atomic mass is 9.98. The van der Waals surface area contributed by atoms with Crippen molar-refractivity contribution in [3.63, 3.8) is 0 Å². The first-order valence-electron chi connectivity index (χ1n) is 8.33. The Balaban J connectivity index is 1.56. The molecule has 8 nitrogen and oxygen atoms in total. The molecular formula is C17H22N2O6S. The summed E-state index contributed by atoms with van der Waals surface area (Å²) in [6.45, 7) is 2.18. The average molecular weight is 382 g/mol. The third-order valence-corrected chi connectivity index (χ3v) is 5.61. The molecule has 0 aromatic heterocycles. The fourth-order valence-electron chi connectivity index (χ4n) is 2.91. The maximum absolute atomic E-state index is 10.8. The number of rotatable bonds is 6. The van der Waals surface area contributed by atoms with Gasteiger partial charge in [-0.25, -0.2) is 4.79 Å². The zero-order valence-electron chi connectivity index (χ0n) is 14.2. The van der Waals surface area contributed by atoms with E-state index in [1.807, 2.05) is 30.3 Å². The Kier molecular flexibility index (Phi) is 6.15. The van der Waals surface area contributed by atoms with Crippen LogP contribution in [0.25, 0.3) is 0 Å². The van der Waals surface area contributed by atoms with E-state index in [0.29, 0.717) is 11.7 Å². The molecule has 2 aliphatic heterocycles. The van der Waals surface area contributed by atoms with E-state index in [2.05, 4.69) is 10.3 Å². The third-order valence-electron chi connectivity index (χ3n) is 4.29. The van der Waals surface area contributed by atoms with Gasteiger partial charge in [0.2, 0.25) is 0 Å². The van der Waals surface area contributed by atoms with Crippen LogP contribution in [0.5, 0.6) is 0 Å². The van der Waals surface area contributed by atoms with Gasteiger partial charge in [0.25, 0.3) is 0 Å². The van der Waals surface area contributed by atoms with Gasteiger partial charge in [0.1, 0.15) is 29.8 Å². The Bertz CT molecular complexity index is 658. The number of aliphatic hydroxyl groups is 2. The first kappa shape index (κ1) is 19.1. The molecule has 0 spiro atoms. The standard InChI is InChI=1S/C17H22N2O6S/c1-9(18-17(22)23)15-19-12-14(21)13(20)11(25-16(12)26-15)8-24-7-10-5-3-2-4-6-10/h2-6,9,11-14,16,18,20-21H,7-8H2,1H3,(H,22,23)/t9?,11-,12-,13-,14-,16-/m1/s1. The Morgan fingerprint density at radius 2 is 2.08 bits per heavy atom. The van der Waals surface area contributed by atoms with Crippen LogP contribution in [0.1, 0.15) is 12.5 Å². The zero-order valence-corrected chi connectivity index (χ0v) is 15.0. The Hall–Kier alpha value is -1.65. The monoisotopic (exact) mass is 382 g/mol. The first-order valence-corrected chi connectivity index (χ1v) is 9.20. The summed E-state index contributed by atoms with van der Waals surface area (Å²) in [5.74, 6) is 0. The van der Waals surface area contributed by atoms with Crippen LogP contribution < -0.4 is 5.32 Å². The Morgan fingerprint density at radius 3 is 2.77 bits per heavy atom. The summed E-state index contributed by atoms with van der Waals surface area (Å²) >= 11 is 1.26. The van der Waals surface area contributed by atoms with Gasteiger partial charge in [-0.3, -0.25) is 4.99 Å². The van der Waals surface area contributed by atoms with Crippen LogP contribution in [-0.4, -0.2) is 68.9 Å². The first-order chi connectivity index (χ1) is 12.5. The number of amides is 1. The predicted molar refractivity (Wildman–Crippen MR) is 96.2 cm³/mol. The van der Waals surface area contributed by atoms with E-state index in [4.69, 9.17) is 14.6 Å². The van der Waals surface area contributed by atoms with Gasteiger partial charge in [-0.05, 0) is 12.5 Å². The maximum Gasteiger partial charge on any atom is 0.405 e. The molecule has 3 rings (SSSR count). The minimum absolute atomic E-state index is 0.134. The van der Waals surface area contributed by atoms with Gasteiger partial charge in [0, 0.05) is 0 Å². The molecule has 0 aliphatic carbocycles. The van der Waals surface area contributed by atoms with E-state index in [1.165, 1.54) is 11.8 Å². The van der Waals surface area contributed by atoms with E-state index in [1.54, 1.807) is 6.92 Å². The Labute approximate surface area is 155 Å². The largest absolute Gasteiger partial charge is 0.465 e. The third kappa shape index (κ3) is 4.36. The van der Waals surface area contributed by atoms with E-state index >= 15 is 0 Å². The quantitative estimate of drug-likeness (QED) is 0.575. The normalized spacial score (nSPS) is 31.8. The fourth-order valence-corrected chi connectivity index (χ4v) is 4.16. The second kappa shape index (κ2) is 8.36. The highest BCUT2D eigenvalue weighted by Crippen LogP contribution is 2.37. The molecule has 1 aromatic rings. The Morgan fingerprint density at radius 1 is 1.35 bits per heavy atom. The molecule has 9 heteroatoms. The van der Waals surface area contributed by atoms with Crippen molar-refractivity contribution in [1.29, 1.82) is 0 Å². The number of carboxylic acid groups (broad SMARTS) is 1. The molecular weight excluding hydrogens is 360 g/mol. The second-order valence-electron chi connectivity index (χ2n) is 6.27. The van der Waals surface area contributed by atoms with Crippen molar-refractivity contribution in [2.45, 2.75) is 49.4 Å². The number of aliphatic hydroxyl groups excluding tert-OH is 2. The van der Waals surface area contributed by atoms with Crippen LogP contribution in [0, 0.1) is 0 Å². The molecule has 0 radical (unpaired) electrons. The minimum atomic E-state index is -1.15. The van der Waals surface area contributed by atoms with E-state index in [-0.39, 0.29) is 6.61 Å². The molecule has 142 valence electrons. The number of aliphatic imine (C=N–C) groups is 1. The van der Waals surface area contributed by atoms with Gasteiger partial charge < -0.3 is 30.1 Å². The van der Waals surface area contributed by atoms with Crippen molar-refractivity contribution >= 4 is 22.9 Å². The molecule has 26 heavy (non-hydrogen) atoms. The summed E-state index contributed by atoms with van der Waals surface area (Å²) in [5, 5.41) is 32.4. The summed E-state index contributed by atoms with van der Waals surface area (Å²) in [4.78, 5) is 15.1. The summed E-state index contributed by atoms with van der Waals surface area (Å²) in [7, 11) is 0.